The number of esters is 1. The third-order valence-corrected chi connectivity index (χ3v) is 2.47. The van der Waals surface area contributed by atoms with E-state index in [2.05, 4.69) is 4.74 Å². The molecule has 1 aliphatic rings. The van der Waals surface area contributed by atoms with Gasteiger partial charge in [0.2, 0.25) is 0 Å². The van der Waals surface area contributed by atoms with Gasteiger partial charge in [0.25, 0.3) is 0 Å². The van der Waals surface area contributed by atoms with Crippen molar-refractivity contribution in [3.8, 4) is 0 Å². The first kappa shape index (κ1) is 16.3. The van der Waals surface area contributed by atoms with Crippen LogP contribution in [0.4, 0.5) is 18.0 Å². The van der Waals surface area contributed by atoms with E-state index in [1.165, 1.54) is 0 Å². The zero-order chi connectivity index (χ0) is 15.7. The topological polar surface area (TPSA) is 55.8 Å². The maximum Gasteiger partial charge on any atom is 0.414 e. The van der Waals surface area contributed by atoms with Gasteiger partial charge in [-0.05, 0) is 26.8 Å². The minimum atomic E-state index is -4.61. The van der Waals surface area contributed by atoms with Gasteiger partial charge in [0.05, 0.1) is 19.2 Å². The average Bonchev–Trinajstić information content (AvgIpc) is 2.69. The highest BCUT2D eigenvalue weighted by Crippen LogP contribution is 2.32. The van der Waals surface area contributed by atoms with E-state index >= 15 is 0 Å². The van der Waals surface area contributed by atoms with Crippen molar-refractivity contribution in [2.75, 3.05) is 13.7 Å². The van der Waals surface area contributed by atoms with Crippen LogP contribution in [0.1, 0.15) is 20.8 Å². The summed E-state index contributed by atoms with van der Waals surface area (Å²) in [5.74, 6) is -0.949. The summed E-state index contributed by atoms with van der Waals surface area (Å²) >= 11 is 0. The van der Waals surface area contributed by atoms with Gasteiger partial charge in [-0.2, -0.15) is 13.2 Å². The molecule has 0 fully saturated rings. The summed E-state index contributed by atoms with van der Waals surface area (Å²) in [6, 6.07) is -1.42. The van der Waals surface area contributed by atoms with Crippen molar-refractivity contribution >= 4 is 12.1 Å². The van der Waals surface area contributed by atoms with Crippen LogP contribution in [0.3, 0.4) is 0 Å². The molecule has 1 unspecified atom stereocenters. The fourth-order valence-corrected chi connectivity index (χ4v) is 1.61. The van der Waals surface area contributed by atoms with Crippen molar-refractivity contribution in [3.63, 3.8) is 0 Å². The summed E-state index contributed by atoms with van der Waals surface area (Å²) in [5, 5.41) is 0. The Kier molecular flexibility index (Phi) is 4.36. The van der Waals surface area contributed by atoms with E-state index in [0.717, 1.165) is 7.11 Å². The molecule has 1 amide bonds. The maximum absolute atomic E-state index is 12.7. The van der Waals surface area contributed by atoms with Crippen molar-refractivity contribution in [2.24, 2.45) is 0 Å². The van der Waals surface area contributed by atoms with Gasteiger partial charge >= 0.3 is 18.2 Å². The van der Waals surface area contributed by atoms with Gasteiger partial charge in [-0.3, -0.25) is 4.90 Å². The van der Waals surface area contributed by atoms with Gasteiger partial charge in [-0.25, -0.2) is 9.59 Å². The normalized spacial score (nSPS) is 19.6. The van der Waals surface area contributed by atoms with Gasteiger partial charge in [0.15, 0.2) is 6.04 Å². The predicted octanol–water partition coefficient (Wildman–Crippen LogP) is 2.27. The first-order chi connectivity index (χ1) is 8.95. The SMILES string of the molecule is COC(=O)C1C=C(C(F)(F)F)CN1C(=O)OC(C)(C)C. The van der Waals surface area contributed by atoms with E-state index in [4.69, 9.17) is 4.74 Å². The molecular weight excluding hydrogens is 279 g/mol. The van der Waals surface area contributed by atoms with Gasteiger partial charge in [-0.15, -0.1) is 0 Å². The lowest BCUT2D eigenvalue weighted by molar-refractivity contribution is -0.144. The van der Waals surface area contributed by atoms with Crippen LogP contribution in [0.5, 0.6) is 0 Å². The second kappa shape index (κ2) is 5.34. The Hall–Kier alpha value is -1.73. The van der Waals surface area contributed by atoms with Crippen LogP contribution >= 0.6 is 0 Å². The molecule has 1 atom stereocenters. The van der Waals surface area contributed by atoms with Crippen molar-refractivity contribution in [3.05, 3.63) is 11.6 Å². The number of halogens is 3. The molecule has 0 aromatic heterocycles. The maximum atomic E-state index is 12.7. The molecule has 0 spiro atoms. The van der Waals surface area contributed by atoms with Gasteiger partial charge < -0.3 is 9.47 Å². The summed E-state index contributed by atoms with van der Waals surface area (Å²) < 4.78 is 47.4. The number of hydrogen-bond acceptors (Lipinski definition) is 4. The Morgan fingerprint density at radius 1 is 1.30 bits per heavy atom. The molecule has 0 aliphatic carbocycles. The largest absolute Gasteiger partial charge is 0.467 e. The van der Waals surface area contributed by atoms with Crippen LogP contribution in [0.15, 0.2) is 11.6 Å². The molecule has 8 heteroatoms. The Labute approximate surface area is 114 Å². The zero-order valence-corrected chi connectivity index (χ0v) is 11.6. The molecular formula is C12H16F3NO4. The molecule has 0 aromatic rings. The van der Waals surface area contributed by atoms with E-state index in [9.17, 15) is 22.8 Å². The quantitative estimate of drug-likeness (QED) is 0.550. The molecule has 0 radical (unpaired) electrons. The van der Waals surface area contributed by atoms with E-state index in [1.807, 2.05) is 0 Å². The summed E-state index contributed by atoms with van der Waals surface area (Å²) in [5.41, 5.74) is -1.85. The third-order valence-electron chi connectivity index (χ3n) is 2.47. The van der Waals surface area contributed by atoms with E-state index in [1.54, 1.807) is 20.8 Å². The number of carbonyl (C=O) groups is 2. The van der Waals surface area contributed by atoms with E-state index in [0.29, 0.717) is 11.0 Å². The zero-order valence-electron chi connectivity index (χ0n) is 11.6. The van der Waals surface area contributed by atoms with Crippen LogP contribution < -0.4 is 0 Å². The molecule has 0 N–H and O–H groups in total. The van der Waals surface area contributed by atoms with Gasteiger partial charge in [0.1, 0.15) is 5.60 Å². The molecule has 1 heterocycles. The highest BCUT2D eigenvalue weighted by molar-refractivity contribution is 5.85. The lowest BCUT2D eigenvalue weighted by Crippen LogP contribution is -2.44. The first-order valence-electron chi connectivity index (χ1n) is 5.81. The Morgan fingerprint density at radius 3 is 2.25 bits per heavy atom. The molecule has 1 aliphatic heterocycles. The number of nitrogens with zero attached hydrogens (tertiary/aromatic N) is 1. The fraction of sp³-hybridized carbons (Fsp3) is 0.667. The van der Waals surface area contributed by atoms with E-state index in [-0.39, 0.29) is 0 Å². The summed E-state index contributed by atoms with van der Waals surface area (Å²) in [4.78, 5) is 24.0. The van der Waals surface area contributed by atoms with Crippen molar-refractivity contribution in [1.29, 1.82) is 0 Å². The summed E-state index contributed by atoms with van der Waals surface area (Å²) in [7, 11) is 1.04. The molecule has 0 aromatic carbocycles. The molecule has 114 valence electrons. The average molecular weight is 295 g/mol. The lowest BCUT2D eigenvalue weighted by Gasteiger charge is -2.27. The van der Waals surface area contributed by atoms with Crippen LogP contribution in [-0.2, 0) is 14.3 Å². The molecule has 20 heavy (non-hydrogen) atoms. The highest BCUT2D eigenvalue weighted by Gasteiger charge is 2.45. The van der Waals surface area contributed by atoms with Crippen LogP contribution in [0.25, 0.3) is 0 Å². The number of rotatable bonds is 1. The van der Waals surface area contributed by atoms with Crippen molar-refractivity contribution < 1.29 is 32.2 Å². The molecule has 0 saturated heterocycles. The number of hydrogen-bond donors (Lipinski definition) is 0. The van der Waals surface area contributed by atoms with E-state index < -0.39 is 42.0 Å². The molecule has 5 nitrogen and oxygen atoms in total. The monoisotopic (exact) mass is 295 g/mol. The smallest absolute Gasteiger partial charge is 0.414 e. The lowest BCUT2D eigenvalue weighted by atomic mass is 10.2. The predicted molar refractivity (Wildman–Crippen MR) is 62.9 cm³/mol. The Bertz CT molecular complexity index is 437. The minimum absolute atomic E-state index is 0.676. The Balaban J connectivity index is 2.97. The number of carbonyl (C=O) groups excluding carboxylic acids is 2. The van der Waals surface area contributed by atoms with Crippen molar-refractivity contribution in [2.45, 2.75) is 38.6 Å². The molecule has 1 rings (SSSR count). The number of alkyl halides is 3. The second-order valence-corrected chi connectivity index (χ2v) is 5.27. The first-order valence-corrected chi connectivity index (χ1v) is 5.81. The third kappa shape index (κ3) is 3.88. The fourth-order valence-electron chi connectivity index (χ4n) is 1.61. The minimum Gasteiger partial charge on any atom is -0.467 e. The van der Waals surface area contributed by atoms with Crippen LogP contribution in [0.2, 0.25) is 0 Å². The summed E-state index contributed by atoms with van der Waals surface area (Å²) in [6.45, 7) is 3.99. The number of ether oxygens (including phenoxy) is 2. The standard InChI is InChI=1S/C12H16F3NO4/c1-11(2,3)20-10(18)16-6-7(12(13,14)15)5-8(16)9(17)19-4/h5,8H,6H2,1-4H3. The molecule has 0 saturated carbocycles. The van der Waals surface area contributed by atoms with Gasteiger partial charge in [0, 0.05) is 0 Å². The highest BCUT2D eigenvalue weighted by atomic mass is 19.4. The second-order valence-electron chi connectivity index (χ2n) is 5.27. The number of methoxy groups -OCH3 is 1. The van der Waals surface area contributed by atoms with Crippen LogP contribution in [-0.4, -0.2) is 48.4 Å². The van der Waals surface area contributed by atoms with Gasteiger partial charge in [-0.1, -0.05) is 0 Å². The molecule has 0 bridgehead atoms. The van der Waals surface area contributed by atoms with Crippen LogP contribution in [0, 0.1) is 0 Å². The summed E-state index contributed by atoms with van der Waals surface area (Å²) in [6.07, 6.45) is -4.93. The number of amides is 1. The Morgan fingerprint density at radius 2 is 1.85 bits per heavy atom. The van der Waals surface area contributed by atoms with Crippen molar-refractivity contribution in [1.82, 2.24) is 4.90 Å².